The molecule has 0 radical (unpaired) electrons. The number of benzene rings is 1. The molecule has 1 saturated carbocycles. The zero-order valence-corrected chi connectivity index (χ0v) is 14.9. The van der Waals surface area contributed by atoms with E-state index < -0.39 is 5.60 Å². The highest BCUT2D eigenvalue weighted by molar-refractivity contribution is 6.13. The molecule has 1 spiro atoms. The Morgan fingerprint density at radius 1 is 1.04 bits per heavy atom. The standard InChI is InChI=1S/C20H25NO3/c1-12-10-13(2)17(14(3)11-12)21-18(22)16-15(4)19(23)24-20(16)8-6-5-7-9-20/h10-11H,5-9H2,1-4H3,(H,21,22). The number of anilines is 1. The zero-order chi connectivity index (χ0) is 17.5. The average Bonchev–Trinajstić information content (AvgIpc) is 2.74. The van der Waals surface area contributed by atoms with E-state index in [4.69, 9.17) is 4.74 Å². The number of amides is 1. The van der Waals surface area contributed by atoms with Gasteiger partial charge in [-0.15, -0.1) is 0 Å². The Balaban J connectivity index is 1.95. The molecular weight excluding hydrogens is 302 g/mol. The highest BCUT2D eigenvalue weighted by Gasteiger charge is 2.49. The molecule has 4 nitrogen and oxygen atoms in total. The summed E-state index contributed by atoms with van der Waals surface area (Å²) < 4.78 is 5.68. The monoisotopic (exact) mass is 327 g/mol. The smallest absolute Gasteiger partial charge is 0.335 e. The first-order valence-electron chi connectivity index (χ1n) is 8.68. The first-order valence-corrected chi connectivity index (χ1v) is 8.68. The van der Waals surface area contributed by atoms with Crippen LogP contribution in [0, 0.1) is 20.8 Å². The minimum absolute atomic E-state index is 0.199. The lowest BCUT2D eigenvalue weighted by atomic mass is 9.78. The number of aryl methyl sites for hydroxylation is 3. The molecule has 0 unspecified atom stereocenters. The van der Waals surface area contributed by atoms with E-state index in [0.29, 0.717) is 11.1 Å². The summed E-state index contributed by atoms with van der Waals surface area (Å²) in [6.07, 6.45) is 4.58. The predicted molar refractivity (Wildman–Crippen MR) is 93.9 cm³/mol. The molecule has 3 rings (SSSR count). The van der Waals surface area contributed by atoms with Gasteiger partial charge in [0.25, 0.3) is 5.91 Å². The summed E-state index contributed by atoms with van der Waals surface area (Å²) in [5.74, 6) is -0.547. The fourth-order valence-corrected chi connectivity index (χ4v) is 4.15. The summed E-state index contributed by atoms with van der Waals surface area (Å²) in [6.45, 7) is 7.72. The van der Waals surface area contributed by atoms with E-state index in [2.05, 4.69) is 17.4 Å². The van der Waals surface area contributed by atoms with E-state index >= 15 is 0 Å². The van der Waals surface area contributed by atoms with Gasteiger partial charge in [-0.1, -0.05) is 24.1 Å². The minimum atomic E-state index is -0.712. The van der Waals surface area contributed by atoms with Crippen LogP contribution in [0.5, 0.6) is 0 Å². The van der Waals surface area contributed by atoms with Gasteiger partial charge in [0.1, 0.15) is 5.60 Å². The zero-order valence-electron chi connectivity index (χ0n) is 14.9. The van der Waals surface area contributed by atoms with E-state index in [1.807, 2.05) is 20.8 Å². The summed E-state index contributed by atoms with van der Waals surface area (Å²) in [4.78, 5) is 25.2. The molecule has 4 heteroatoms. The van der Waals surface area contributed by atoms with Crippen molar-refractivity contribution in [2.24, 2.45) is 0 Å². The minimum Gasteiger partial charge on any atom is -0.451 e. The molecule has 2 aliphatic rings. The second kappa shape index (κ2) is 6.08. The predicted octanol–water partition coefficient (Wildman–Crippen LogP) is 4.13. The van der Waals surface area contributed by atoms with Crippen LogP contribution in [0.15, 0.2) is 23.3 Å². The third-order valence-corrected chi connectivity index (χ3v) is 5.23. The molecule has 0 bridgehead atoms. The molecule has 1 aromatic rings. The van der Waals surface area contributed by atoms with Crippen LogP contribution < -0.4 is 5.32 Å². The number of esters is 1. The second-order valence-electron chi connectivity index (χ2n) is 7.17. The quantitative estimate of drug-likeness (QED) is 0.831. The Bertz CT molecular complexity index is 716. The van der Waals surface area contributed by atoms with Crippen molar-refractivity contribution in [1.82, 2.24) is 0 Å². The molecule has 0 aromatic heterocycles. The number of rotatable bonds is 2. The summed E-state index contributed by atoms with van der Waals surface area (Å²) in [6, 6.07) is 4.10. The van der Waals surface area contributed by atoms with Crippen molar-refractivity contribution in [3.63, 3.8) is 0 Å². The number of hydrogen-bond acceptors (Lipinski definition) is 3. The maximum atomic E-state index is 13.0. The van der Waals surface area contributed by atoms with E-state index in [-0.39, 0.29) is 11.9 Å². The molecule has 1 heterocycles. The lowest BCUT2D eigenvalue weighted by molar-refractivity contribution is -0.149. The maximum Gasteiger partial charge on any atom is 0.335 e. The maximum absolute atomic E-state index is 13.0. The Labute approximate surface area is 143 Å². The Morgan fingerprint density at radius 2 is 1.62 bits per heavy atom. The van der Waals surface area contributed by atoms with Gasteiger partial charge in [0.15, 0.2) is 0 Å². The molecule has 24 heavy (non-hydrogen) atoms. The van der Waals surface area contributed by atoms with Crippen molar-refractivity contribution in [3.05, 3.63) is 40.0 Å². The summed E-state index contributed by atoms with van der Waals surface area (Å²) in [7, 11) is 0. The lowest BCUT2D eigenvalue weighted by Gasteiger charge is -2.34. The number of carbonyl (C=O) groups is 2. The lowest BCUT2D eigenvalue weighted by Crippen LogP contribution is -2.39. The summed E-state index contributed by atoms with van der Waals surface area (Å²) in [5.41, 5.74) is 4.33. The molecule has 1 fully saturated rings. The van der Waals surface area contributed by atoms with E-state index in [1.54, 1.807) is 6.92 Å². The van der Waals surface area contributed by atoms with Gasteiger partial charge in [0, 0.05) is 11.3 Å². The largest absolute Gasteiger partial charge is 0.451 e. The van der Waals surface area contributed by atoms with Gasteiger partial charge in [0.05, 0.1) is 5.57 Å². The molecule has 1 N–H and O–H groups in total. The van der Waals surface area contributed by atoms with Crippen molar-refractivity contribution < 1.29 is 14.3 Å². The van der Waals surface area contributed by atoms with Crippen LogP contribution in [0.2, 0.25) is 0 Å². The SMILES string of the molecule is CC1=C(C(=O)Nc2c(C)cc(C)cc2C)C2(CCCCC2)OC1=O. The molecule has 0 atom stereocenters. The number of carbonyl (C=O) groups excluding carboxylic acids is 2. The van der Waals surface area contributed by atoms with E-state index in [9.17, 15) is 9.59 Å². The normalized spacial score (nSPS) is 19.6. The van der Waals surface area contributed by atoms with Gasteiger partial charge in [-0.05, 0) is 64.5 Å². The molecule has 0 saturated heterocycles. The summed E-state index contributed by atoms with van der Waals surface area (Å²) in [5, 5.41) is 3.04. The molecule has 1 aliphatic carbocycles. The Morgan fingerprint density at radius 3 is 2.21 bits per heavy atom. The molecule has 128 valence electrons. The van der Waals surface area contributed by atoms with Gasteiger partial charge < -0.3 is 10.1 Å². The van der Waals surface area contributed by atoms with Gasteiger partial charge in [-0.3, -0.25) is 4.79 Å². The molecular formula is C20H25NO3. The fraction of sp³-hybridized carbons (Fsp3) is 0.500. The summed E-state index contributed by atoms with van der Waals surface area (Å²) >= 11 is 0. The number of ether oxygens (including phenoxy) is 1. The van der Waals surface area contributed by atoms with Crippen molar-refractivity contribution >= 4 is 17.6 Å². The van der Waals surface area contributed by atoms with Crippen LogP contribution in [-0.2, 0) is 14.3 Å². The van der Waals surface area contributed by atoms with Gasteiger partial charge in [0.2, 0.25) is 0 Å². The number of hydrogen-bond donors (Lipinski definition) is 1. The average molecular weight is 327 g/mol. The fourth-order valence-electron chi connectivity index (χ4n) is 4.15. The van der Waals surface area contributed by atoms with Crippen molar-refractivity contribution in [2.75, 3.05) is 5.32 Å². The van der Waals surface area contributed by atoms with Crippen LogP contribution in [0.25, 0.3) is 0 Å². The van der Waals surface area contributed by atoms with Crippen molar-refractivity contribution in [2.45, 2.75) is 65.4 Å². The van der Waals surface area contributed by atoms with Crippen LogP contribution >= 0.6 is 0 Å². The van der Waals surface area contributed by atoms with Crippen LogP contribution in [0.4, 0.5) is 5.69 Å². The number of nitrogens with one attached hydrogen (secondary N) is 1. The Hall–Kier alpha value is -2.10. The van der Waals surface area contributed by atoms with Crippen LogP contribution in [-0.4, -0.2) is 17.5 Å². The highest BCUT2D eigenvalue weighted by Crippen LogP contribution is 2.44. The van der Waals surface area contributed by atoms with Crippen LogP contribution in [0.3, 0.4) is 0 Å². The van der Waals surface area contributed by atoms with Crippen molar-refractivity contribution in [3.8, 4) is 0 Å². The van der Waals surface area contributed by atoms with E-state index in [0.717, 1.165) is 48.9 Å². The van der Waals surface area contributed by atoms with Gasteiger partial charge in [-0.25, -0.2) is 4.79 Å². The topological polar surface area (TPSA) is 55.4 Å². The second-order valence-corrected chi connectivity index (χ2v) is 7.17. The first kappa shape index (κ1) is 16.7. The van der Waals surface area contributed by atoms with Crippen LogP contribution in [0.1, 0.15) is 55.7 Å². The molecule has 1 aliphatic heterocycles. The van der Waals surface area contributed by atoms with Gasteiger partial charge in [-0.2, -0.15) is 0 Å². The van der Waals surface area contributed by atoms with Crippen molar-refractivity contribution in [1.29, 1.82) is 0 Å². The van der Waals surface area contributed by atoms with Gasteiger partial charge >= 0.3 is 5.97 Å². The van der Waals surface area contributed by atoms with E-state index in [1.165, 1.54) is 5.56 Å². The third-order valence-electron chi connectivity index (χ3n) is 5.23. The first-order chi connectivity index (χ1) is 11.3. The molecule has 1 aromatic carbocycles. The molecule has 1 amide bonds. The third kappa shape index (κ3) is 2.74. The highest BCUT2D eigenvalue weighted by atomic mass is 16.6. The Kier molecular flexibility index (Phi) is 4.24.